The molecule has 0 aliphatic rings. The predicted octanol–water partition coefficient (Wildman–Crippen LogP) is 2.61. The number of hydrogen-bond acceptors (Lipinski definition) is 2. The molecule has 4 heteroatoms. The van der Waals surface area contributed by atoms with Gasteiger partial charge < -0.3 is 10.6 Å². The van der Waals surface area contributed by atoms with Crippen molar-refractivity contribution in [2.24, 2.45) is 0 Å². The van der Waals surface area contributed by atoms with Crippen molar-refractivity contribution < 1.29 is 4.79 Å². The van der Waals surface area contributed by atoms with E-state index in [9.17, 15) is 4.79 Å². The maximum Gasteiger partial charge on any atom is 0.239 e. The molecule has 16 heavy (non-hydrogen) atoms. The van der Waals surface area contributed by atoms with E-state index in [0.717, 1.165) is 21.3 Å². The van der Waals surface area contributed by atoms with Crippen molar-refractivity contribution in [3.8, 4) is 0 Å². The van der Waals surface area contributed by atoms with Crippen molar-refractivity contribution in [2.75, 3.05) is 18.4 Å². The second kappa shape index (κ2) is 5.89. The summed E-state index contributed by atoms with van der Waals surface area (Å²) in [7, 11) is 0. The van der Waals surface area contributed by atoms with Crippen LogP contribution in [0.15, 0.2) is 16.6 Å². The third-order valence-corrected chi connectivity index (χ3v) is 2.75. The predicted molar refractivity (Wildman–Crippen MR) is 70.8 cm³/mol. The third-order valence-electron chi connectivity index (χ3n) is 2.30. The molecule has 0 heterocycles. The van der Waals surface area contributed by atoms with Crippen molar-refractivity contribution in [1.29, 1.82) is 0 Å². The van der Waals surface area contributed by atoms with Crippen LogP contribution in [0.4, 0.5) is 5.69 Å². The zero-order valence-electron chi connectivity index (χ0n) is 9.86. The van der Waals surface area contributed by atoms with Crippen LogP contribution in [0, 0.1) is 13.8 Å². The summed E-state index contributed by atoms with van der Waals surface area (Å²) in [6.45, 7) is 6.94. The Morgan fingerprint density at radius 3 is 2.38 bits per heavy atom. The van der Waals surface area contributed by atoms with Crippen LogP contribution in [-0.4, -0.2) is 19.0 Å². The van der Waals surface area contributed by atoms with Gasteiger partial charge in [0.15, 0.2) is 0 Å². The zero-order valence-corrected chi connectivity index (χ0v) is 11.4. The monoisotopic (exact) mass is 284 g/mol. The van der Waals surface area contributed by atoms with Crippen molar-refractivity contribution >= 4 is 27.5 Å². The molecule has 0 aliphatic heterocycles. The number of rotatable bonds is 4. The number of carbonyl (C=O) groups excluding carboxylic acids is 1. The maximum atomic E-state index is 11.3. The van der Waals surface area contributed by atoms with Gasteiger partial charge in [-0.25, -0.2) is 0 Å². The summed E-state index contributed by atoms with van der Waals surface area (Å²) in [6.07, 6.45) is 0. The van der Waals surface area contributed by atoms with Gasteiger partial charge in [-0.2, -0.15) is 0 Å². The average Bonchev–Trinajstić information content (AvgIpc) is 2.16. The molecule has 0 unspecified atom stereocenters. The van der Waals surface area contributed by atoms with E-state index >= 15 is 0 Å². The van der Waals surface area contributed by atoms with Gasteiger partial charge >= 0.3 is 0 Å². The largest absolute Gasteiger partial charge is 0.376 e. The summed E-state index contributed by atoms with van der Waals surface area (Å²) in [4.78, 5) is 11.3. The van der Waals surface area contributed by atoms with Crippen LogP contribution < -0.4 is 10.6 Å². The highest BCUT2D eigenvalue weighted by Crippen LogP contribution is 2.24. The first-order chi connectivity index (χ1) is 7.54. The number of nitrogens with one attached hydrogen (secondary N) is 2. The summed E-state index contributed by atoms with van der Waals surface area (Å²) >= 11 is 3.44. The molecule has 1 aromatic rings. The van der Waals surface area contributed by atoms with Gasteiger partial charge in [-0.3, -0.25) is 4.79 Å². The Hall–Kier alpha value is -1.03. The van der Waals surface area contributed by atoms with Crippen LogP contribution in [-0.2, 0) is 4.79 Å². The summed E-state index contributed by atoms with van der Waals surface area (Å²) in [6, 6.07) is 4.07. The lowest BCUT2D eigenvalue weighted by molar-refractivity contribution is -0.119. The third kappa shape index (κ3) is 3.52. The van der Waals surface area contributed by atoms with Gasteiger partial charge in [0.25, 0.3) is 0 Å². The summed E-state index contributed by atoms with van der Waals surface area (Å²) in [5.41, 5.74) is 3.31. The smallest absolute Gasteiger partial charge is 0.239 e. The van der Waals surface area contributed by atoms with Crippen LogP contribution in [0.1, 0.15) is 18.1 Å². The van der Waals surface area contributed by atoms with Crippen LogP contribution in [0.25, 0.3) is 0 Å². The molecule has 0 bridgehead atoms. The Bertz CT molecular complexity index is 368. The number of amides is 1. The van der Waals surface area contributed by atoms with Crippen molar-refractivity contribution in [2.45, 2.75) is 20.8 Å². The molecule has 0 atom stereocenters. The number of likely N-dealkylation sites (N-methyl/N-ethyl adjacent to an activating group) is 1. The normalized spacial score (nSPS) is 10.0. The molecule has 0 radical (unpaired) electrons. The summed E-state index contributed by atoms with van der Waals surface area (Å²) < 4.78 is 1.06. The van der Waals surface area contributed by atoms with E-state index in [4.69, 9.17) is 0 Å². The molecule has 0 fully saturated rings. The first kappa shape index (κ1) is 13.0. The van der Waals surface area contributed by atoms with Gasteiger partial charge in [0.1, 0.15) is 0 Å². The highest BCUT2D eigenvalue weighted by molar-refractivity contribution is 9.10. The van der Waals surface area contributed by atoms with Crippen LogP contribution in [0.2, 0.25) is 0 Å². The van der Waals surface area contributed by atoms with Gasteiger partial charge in [0.05, 0.1) is 6.54 Å². The van der Waals surface area contributed by atoms with Gasteiger partial charge in [0, 0.05) is 16.7 Å². The maximum absolute atomic E-state index is 11.3. The molecule has 1 rings (SSSR count). The van der Waals surface area contributed by atoms with Gasteiger partial charge in [0.2, 0.25) is 5.91 Å². The minimum atomic E-state index is 0.0178. The molecule has 0 spiro atoms. The van der Waals surface area contributed by atoms with E-state index in [0.29, 0.717) is 13.1 Å². The lowest BCUT2D eigenvalue weighted by atomic mass is 10.1. The Balaban J connectivity index is 2.70. The second-order valence-electron chi connectivity index (χ2n) is 3.72. The van der Waals surface area contributed by atoms with Crippen molar-refractivity contribution in [3.05, 3.63) is 27.7 Å². The summed E-state index contributed by atoms with van der Waals surface area (Å²) in [5.74, 6) is 0.0178. The molecule has 0 aromatic heterocycles. The molecule has 0 aliphatic carbocycles. The van der Waals surface area contributed by atoms with Gasteiger partial charge in [-0.05, 0) is 44.0 Å². The lowest BCUT2D eigenvalue weighted by Crippen LogP contribution is -2.29. The van der Waals surface area contributed by atoms with Crippen molar-refractivity contribution in [1.82, 2.24) is 5.32 Å². The van der Waals surface area contributed by atoms with E-state index in [1.54, 1.807) is 0 Å². The number of benzene rings is 1. The number of hydrogen-bond donors (Lipinski definition) is 2. The number of aryl methyl sites for hydroxylation is 2. The van der Waals surface area contributed by atoms with Crippen LogP contribution >= 0.6 is 15.9 Å². The Morgan fingerprint density at radius 1 is 1.31 bits per heavy atom. The molecule has 0 saturated heterocycles. The first-order valence-electron chi connectivity index (χ1n) is 5.32. The fraction of sp³-hybridized carbons (Fsp3) is 0.417. The van der Waals surface area contributed by atoms with Crippen LogP contribution in [0.5, 0.6) is 0 Å². The fourth-order valence-electron chi connectivity index (χ4n) is 1.62. The molecule has 3 nitrogen and oxygen atoms in total. The highest BCUT2D eigenvalue weighted by Gasteiger charge is 2.05. The fourth-order valence-corrected chi connectivity index (χ4v) is 2.30. The topological polar surface area (TPSA) is 41.1 Å². The Morgan fingerprint density at radius 2 is 1.88 bits per heavy atom. The lowest BCUT2D eigenvalue weighted by Gasteiger charge is -2.13. The molecule has 1 amide bonds. The van der Waals surface area contributed by atoms with E-state index in [-0.39, 0.29) is 5.91 Å². The second-order valence-corrected chi connectivity index (χ2v) is 4.64. The minimum absolute atomic E-state index is 0.0178. The SMILES string of the molecule is CCNC(=O)CNc1c(C)cc(Br)cc1C. The zero-order chi connectivity index (χ0) is 12.1. The number of carbonyl (C=O) groups is 1. The molecule has 2 N–H and O–H groups in total. The van der Waals surface area contributed by atoms with Crippen LogP contribution in [0.3, 0.4) is 0 Å². The number of anilines is 1. The molecular weight excluding hydrogens is 268 g/mol. The standard InChI is InChI=1S/C12H17BrN2O/c1-4-14-11(16)7-15-12-8(2)5-10(13)6-9(12)3/h5-6,15H,4,7H2,1-3H3,(H,14,16). The minimum Gasteiger partial charge on any atom is -0.376 e. The molecule has 88 valence electrons. The Labute approximate surface area is 105 Å². The molecular formula is C12H17BrN2O. The van der Waals surface area contributed by atoms with Gasteiger partial charge in [-0.1, -0.05) is 15.9 Å². The summed E-state index contributed by atoms with van der Waals surface area (Å²) in [5, 5.41) is 5.92. The average molecular weight is 285 g/mol. The molecule has 0 saturated carbocycles. The van der Waals surface area contributed by atoms with Crippen molar-refractivity contribution in [3.63, 3.8) is 0 Å². The Kier molecular flexibility index (Phi) is 4.80. The van der Waals surface area contributed by atoms with E-state index in [1.165, 1.54) is 0 Å². The van der Waals surface area contributed by atoms with E-state index in [2.05, 4.69) is 26.6 Å². The van der Waals surface area contributed by atoms with E-state index in [1.807, 2.05) is 32.9 Å². The molecule has 1 aromatic carbocycles. The van der Waals surface area contributed by atoms with Gasteiger partial charge in [-0.15, -0.1) is 0 Å². The number of halogens is 1. The first-order valence-corrected chi connectivity index (χ1v) is 6.11. The highest BCUT2D eigenvalue weighted by atomic mass is 79.9. The van der Waals surface area contributed by atoms with E-state index < -0.39 is 0 Å². The quantitative estimate of drug-likeness (QED) is 0.893.